The molecule has 0 aliphatic heterocycles. The average Bonchev–Trinajstić information content (AvgIpc) is 2.46. The van der Waals surface area contributed by atoms with Crippen LogP contribution in [0.25, 0.3) is 0 Å². The Balaban J connectivity index is 2.15. The van der Waals surface area contributed by atoms with Gasteiger partial charge < -0.3 is 5.32 Å². The van der Waals surface area contributed by atoms with E-state index in [1.165, 1.54) is 19.3 Å². The molecular weight excluding hydrogens is 224 g/mol. The third-order valence-electron chi connectivity index (χ3n) is 3.96. The molecule has 0 atom stereocenters. The van der Waals surface area contributed by atoms with E-state index in [4.69, 9.17) is 0 Å². The van der Waals surface area contributed by atoms with Crippen molar-refractivity contribution < 1.29 is 4.79 Å². The number of rotatable bonds is 4. The second kappa shape index (κ2) is 5.98. The van der Waals surface area contributed by atoms with E-state index in [0.717, 1.165) is 25.1 Å². The van der Waals surface area contributed by atoms with E-state index in [1.807, 2.05) is 25.3 Å². The molecule has 1 heterocycles. The van der Waals surface area contributed by atoms with Crippen molar-refractivity contribution in [3.05, 3.63) is 30.1 Å². The number of hydrogen-bond donors (Lipinski definition) is 1. The molecule has 0 radical (unpaired) electrons. The minimum Gasteiger partial charge on any atom is -0.355 e. The summed E-state index contributed by atoms with van der Waals surface area (Å²) in [6.07, 6.45) is 8.45. The van der Waals surface area contributed by atoms with Crippen molar-refractivity contribution in [2.75, 3.05) is 6.54 Å². The van der Waals surface area contributed by atoms with Gasteiger partial charge in [-0.3, -0.25) is 9.78 Å². The number of carbonyl (C=O) groups is 1. The van der Waals surface area contributed by atoms with Crippen LogP contribution in [0.3, 0.4) is 0 Å². The van der Waals surface area contributed by atoms with Gasteiger partial charge >= 0.3 is 0 Å². The van der Waals surface area contributed by atoms with Gasteiger partial charge in [0.1, 0.15) is 0 Å². The van der Waals surface area contributed by atoms with E-state index in [1.54, 1.807) is 0 Å². The fourth-order valence-corrected chi connectivity index (χ4v) is 2.82. The number of amides is 1. The Kier molecular flexibility index (Phi) is 4.34. The molecule has 1 aliphatic carbocycles. The van der Waals surface area contributed by atoms with E-state index in [-0.39, 0.29) is 11.3 Å². The van der Waals surface area contributed by atoms with Gasteiger partial charge in [-0.25, -0.2) is 0 Å². The molecule has 3 nitrogen and oxygen atoms in total. The Morgan fingerprint density at radius 2 is 2.11 bits per heavy atom. The molecule has 0 bridgehead atoms. The molecule has 0 aromatic carbocycles. The van der Waals surface area contributed by atoms with E-state index >= 15 is 0 Å². The third kappa shape index (κ3) is 2.89. The van der Waals surface area contributed by atoms with Gasteiger partial charge in [-0.2, -0.15) is 0 Å². The third-order valence-corrected chi connectivity index (χ3v) is 3.96. The van der Waals surface area contributed by atoms with E-state index in [9.17, 15) is 4.79 Å². The molecule has 1 amide bonds. The van der Waals surface area contributed by atoms with E-state index in [0.29, 0.717) is 6.42 Å². The summed E-state index contributed by atoms with van der Waals surface area (Å²) >= 11 is 0. The summed E-state index contributed by atoms with van der Waals surface area (Å²) in [6.45, 7) is 2.63. The topological polar surface area (TPSA) is 42.0 Å². The predicted octanol–water partition coefficient (Wildman–Crippen LogP) is 2.81. The van der Waals surface area contributed by atoms with Crippen molar-refractivity contribution in [1.82, 2.24) is 10.3 Å². The van der Waals surface area contributed by atoms with Crippen molar-refractivity contribution in [2.45, 2.75) is 50.9 Å². The predicted molar refractivity (Wildman–Crippen MR) is 72.3 cm³/mol. The van der Waals surface area contributed by atoms with Crippen LogP contribution in [0.4, 0.5) is 0 Å². The molecule has 3 heteroatoms. The van der Waals surface area contributed by atoms with Crippen LogP contribution in [0.5, 0.6) is 0 Å². The van der Waals surface area contributed by atoms with Crippen LogP contribution in [0.1, 0.15) is 51.1 Å². The SMILES string of the molecule is CCC(=O)NCC1(c2ccccn2)CCCCC1. The van der Waals surface area contributed by atoms with Crippen molar-refractivity contribution in [3.63, 3.8) is 0 Å². The lowest BCUT2D eigenvalue weighted by Crippen LogP contribution is -2.42. The number of pyridine rings is 1. The monoisotopic (exact) mass is 246 g/mol. The summed E-state index contributed by atoms with van der Waals surface area (Å²) in [6, 6.07) is 6.09. The molecule has 98 valence electrons. The van der Waals surface area contributed by atoms with Crippen molar-refractivity contribution in [3.8, 4) is 0 Å². The summed E-state index contributed by atoms with van der Waals surface area (Å²) in [5.74, 6) is 0.135. The molecule has 1 fully saturated rings. The van der Waals surface area contributed by atoms with Gasteiger partial charge in [0.05, 0.1) is 0 Å². The largest absolute Gasteiger partial charge is 0.355 e. The average molecular weight is 246 g/mol. The van der Waals surface area contributed by atoms with Crippen LogP contribution in [0, 0.1) is 0 Å². The first kappa shape index (κ1) is 13.1. The minimum absolute atomic E-state index is 0.0599. The molecule has 1 saturated carbocycles. The van der Waals surface area contributed by atoms with E-state index in [2.05, 4.69) is 16.4 Å². The highest BCUT2D eigenvalue weighted by molar-refractivity contribution is 5.75. The first-order valence-corrected chi connectivity index (χ1v) is 6.95. The lowest BCUT2D eigenvalue weighted by Gasteiger charge is -2.37. The fraction of sp³-hybridized carbons (Fsp3) is 0.600. The second-order valence-electron chi connectivity index (χ2n) is 5.19. The molecule has 0 saturated heterocycles. The van der Waals surface area contributed by atoms with Crippen molar-refractivity contribution >= 4 is 5.91 Å². The molecule has 0 spiro atoms. The molecule has 0 unspecified atom stereocenters. The summed E-state index contributed by atoms with van der Waals surface area (Å²) in [7, 11) is 0. The Bertz CT molecular complexity index is 383. The summed E-state index contributed by atoms with van der Waals surface area (Å²) in [4.78, 5) is 16.0. The van der Waals surface area contributed by atoms with Crippen LogP contribution >= 0.6 is 0 Å². The maximum absolute atomic E-state index is 11.5. The van der Waals surface area contributed by atoms with Gasteiger partial charge in [0.15, 0.2) is 0 Å². The number of carbonyl (C=O) groups excluding carboxylic acids is 1. The minimum atomic E-state index is 0.0599. The lowest BCUT2D eigenvalue weighted by molar-refractivity contribution is -0.121. The highest BCUT2D eigenvalue weighted by atomic mass is 16.1. The maximum Gasteiger partial charge on any atom is 0.219 e. The fourth-order valence-electron chi connectivity index (χ4n) is 2.82. The van der Waals surface area contributed by atoms with Gasteiger partial charge in [-0.05, 0) is 25.0 Å². The Morgan fingerprint density at radius 3 is 2.72 bits per heavy atom. The molecular formula is C15H22N2O. The van der Waals surface area contributed by atoms with E-state index < -0.39 is 0 Å². The first-order chi connectivity index (χ1) is 8.77. The van der Waals surface area contributed by atoms with Crippen LogP contribution in [0.15, 0.2) is 24.4 Å². The first-order valence-electron chi connectivity index (χ1n) is 6.95. The Morgan fingerprint density at radius 1 is 1.33 bits per heavy atom. The zero-order valence-electron chi connectivity index (χ0n) is 11.1. The van der Waals surface area contributed by atoms with Gasteiger partial charge in [0, 0.05) is 30.3 Å². The molecule has 1 aliphatic rings. The number of hydrogen-bond acceptors (Lipinski definition) is 2. The summed E-state index contributed by atoms with van der Waals surface area (Å²) < 4.78 is 0. The molecule has 1 aromatic rings. The highest BCUT2D eigenvalue weighted by Crippen LogP contribution is 2.37. The number of nitrogens with one attached hydrogen (secondary N) is 1. The second-order valence-corrected chi connectivity index (χ2v) is 5.19. The standard InChI is InChI=1S/C15H22N2O/c1-2-14(18)17-12-15(9-5-3-6-10-15)13-8-4-7-11-16-13/h4,7-8,11H,2-3,5-6,9-10,12H2,1H3,(H,17,18). The zero-order chi connectivity index (χ0) is 12.8. The number of nitrogens with zero attached hydrogens (tertiary/aromatic N) is 1. The Labute approximate surface area is 109 Å². The lowest BCUT2D eigenvalue weighted by atomic mass is 9.71. The quantitative estimate of drug-likeness (QED) is 0.887. The number of aromatic nitrogens is 1. The van der Waals surface area contributed by atoms with Crippen molar-refractivity contribution in [2.24, 2.45) is 0 Å². The smallest absolute Gasteiger partial charge is 0.219 e. The van der Waals surface area contributed by atoms with Gasteiger partial charge in [0.2, 0.25) is 5.91 Å². The van der Waals surface area contributed by atoms with Gasteiger partial charge in [0.25, 0.3) is 0 Å². The molecule has 1 N–H and O–H groups in total. The Hall–Kier alpha value is -1.38. The normalized spacial score (nSPS) is 18.3. The van der Waals surface area contributed by atoms with Crippen LogP contribution < -0.4 is 5.32 Å². The van der Waals surface area contributed by atoms with Crippen LogP contribution in [0.2, 0.25) is 0 Å². The maximum atomic E-state index is 11.5. The van der Waals surface area contributed by atoms with Crippen LogP contribution in [-0.2, 0) is 10.2 Å². The van der Waals surface area contributed by atoms with Gasteiger partial charge in [-0.1, -0.05) is 32.3 Å². The zero-order valence-corrected chi connectivity index (χ0v) is 11.1. The molecule has 18 heavy (non-hydrogen) atoms. The highest BCUT2D eigenvalue weighted by Gasteiger charge is 2.35. The molecule has 1 aromatic heterocycles. The van der Waals surface area contributed by atoms with Crippen LogP contribution in [-0.4, -0.2) is 17.4 Å². The van der Waals surface area contributed by atoms with Crippen molar-refractivity contribution in [1.29, 1.82) is 0 Å². The van der Waals surface area contributed by atoms with Gasteiger partial charge in [-0.15, -0.1) is 0 Å². The summed E-state index contributed by atoms with van der Waals surface area (Å²) in [5, 5.41) is 3.06. The summed E-state index contributed by atoms with van der Waals surface area (Å²) in [5.41, 5.74) is 1.20. The molecule has 2 rings (SSSR count).